The van der Waals surface area contributed by atoms with Crippen molar-refractivity contribution in [1.29, 1.82) is 0 Å². The fraction of sp³-hybridized carbons (Fsp3) is 0.688. The third-order valence-corrected chi connectivity index (χ3v) is 4.21. The molecule has 0 saturated heterocycles. The smallest absolute Gasteiger partial charge is 0.0514 e. The maximum atomic E-state index is 6.36. The summed E-state index contributed by atoms with van der Waals surface area (Å²) in [6.45, 7) is 11.2. The predicted molar refractivity (Wildman–Crippen MR) is 81.9 cm³/mol. The Morgan fingerprint density at radius 1 is 1.37 bits per heavy atom. The lowest BCUT2D eigenvalue weighted by Gasteiger charge is -2.42. The summed E-state index contributed by atoms with van der Waals surface area (Å²) in [7, 11) is 2.17. The van der Waals surface area contributed by atoms with Crippen molar-refractivity contribution in [3.8, 4) is 0 Å². The molecule has 2 N–H and O–H groups in total. The third-order valence-electron chi connectivity index (χ3n) is 4.21. The van der Waals surface area contributed by atoms with Gasteiger partial charge in [0.25, 0.3) is 0 Å². The minimum absolute atomic E-state index is 0.124. The first-order valence-corrected chi connectivity index (χ1v) is 7.16. The molecule has 1 heterocycles. The maximum Gasteiger partial charge on any atom is 0.0514 e. The summed E-state index contributed by atoms with van der Waals surface area (Å²) in [5.41, 5.74) is 7.79. The number of pyridine rings is 1. The van der Waals surface area contributed by atoms with Crippen LogP contribution in [0, 0.1) is 5.41 Å². The van der Waals surface area contributed by atoms with Crippen molar-refractivity contribution in [1.82, 2.24) is 9.88 Å². The minimum atomic E-state index is 0.124. The van der Waals surface area contributed by atoms with Crippen LogP contribution in [-0.4, -0.2) is 29.0 Å². The van der Waals surface area contributed by atoms with Crippen LogP contribution in [0.4, 0.5) is 0 Å². The molecule has 0 amide bonds. The highest BCUT2D eigenvalue weighted by Crippen LogP contribution is 2.31. The largest absolute Gasteiger partial charge is 0.326 e. The Balaban J connectivity index is 3.05. The summed E-state index contributed by atoms with van der Waals surface area (Å²) < 4.78 is 0. The summed E-state index contributed by atoms with van der Waals surface area (Å²) in [5, 5.41) is 0. The standard InChI is InChI=1S/C16H29N3/c1-7-14(17)15(13-9-8-10-18-11-13)19(6)12(2)16(3,4)5/h8-12,14-15H,7,17H2,1-6H3. The molecule has 0 saturated carbocycles. The minimum Gasteiger partial charge on any atom is -0.326 e. The SMILES string of the molecule is CCC(N)C(c1cccnc1)N(C)C(C)C(C)(C)C. The molecule has 1 rings (SSSR count). The zero-order valence-electron chi connectivity index (χ0n) is 13.2. The summed E-state index contributed by atoms with van der Waals surface area (Å²) in [6, 6.07) is 4.89. The Kier molecular flexibility index (Phi) is 5.50. The van der Waals surface area contributed by atoms with E-state index >= 15 is 0 Å². The van der Waals surface area contributed by atoms with Crippen LogP contribution in [0.25, 0.3) is 0 Å². The van der Waals surface area contributed by atoms with E-state index in [-0.39, 0.29) is 17.5 Å². The molecule has 3 atom stereocenters. The van der Waals surface area contributed by atoms with E-state index in [0.29, 0.717) is 6.04 Å². The monoisotopic (exact) mass is 263 g/mol. The van der Waals surface area contributed by atoms with E-state index in [4.69, 9.17) is 5.73 Å². The average Bonchev–Trinajstić information content (AvgIpc) is 2.37. The average molecular weight is 263 g/mol. The highest BCUT2D eigenvalue weighted by atomic mass is 15.2. The van der Waals surface area contributed by atoms with E-state index in [9.17, 15) is 0 Å². The van der Waals surface area contributed by atoms with Gasteiger partial charge in [-0.1, -0.05) is 33.8 Å². The maximum absolute atomic E-state index is 6.36. The Hall–Kier alpha value is -0.930. The molecule has 0 fully saturated rings. The van der Waals surface area contributed by atoms with E-state index in [1.807, 2.05) is 18.5 Å². The molecule has 0 aliphatic rings. The number of rotatable bonds is 5. The van der Waals surface area contributed by atoms with Crippen molar-refractivity contribution < 1.29 is 0 Å². The van der Waals surface area contributed by atoms with Gasteiger partial charge in [-0.25, -0.2) is 0 Å². The summed E-state index contributed by atoms with van der Waals surface area (Å²) in [4.78, 5) is 6.64. The Morgan fingerprint density at radius 2 is 2.00 bits per heavy atom. The van der Waals surface area contributed by atoms with E-state index in [1.54, 1.807) is 0 Å². The second kappa shape index (κ2) is 6.49. The Bertz CT molecular complexity index is 369. The van der Waals surface area contributed by atoms with Gasteiger partial charge in [-0.3, -0.25) is 9.88 Å². The molecule has 0 bridgehead atoms. The van der Waals surface area contributed by atoms with Crippen molar-refractivity contribution >= 4 is 0 Å². The number of nitrogens with two attached hydrogens (primary N) is 1. The molecule has 1 aromatic rings. The molecule has 3 nitrogen and oxygen atoms in total. The van der Waals surface area contributed by atoms with E-state index in [0.717, 1.165) is 6.42 Å². The molecule has 1 aromatic heterocycles. The van der Waals surface area contributed by atoms with E-state index in [2.05, 4.69) is 57.6 Å². The first-order chi connectivity index (χ1) is 8.79. The van der Waals surface area contributed by atoms with Gasteiger partial charge in [0.2, 0.25) is 0 Å². The van der Waals surface area contributed by atoms with Crippen LogP contribution in [0.1, 0.15) is 52.6 Å². The molecule has 19 heavy (non-hydrogen) atoms. The summed E-state index contributed by atoms with van der Waals surface area (Å²) >= 11 is 0. The third kappa shape index (κ3) is 4.02. The van der Waals surface area contributed by atoms with Gasteiger partial charge in [0.05, 0.1) is 6.04 Å². The van der Waals surface area contributed by atoms with Gasteiger partial charge in [-0.05, 0) is 37.4 Å². The molecule has 0 aliphatic carbocycles. The van der Waals surface area contributed by atoms with Crippen molar-refractivity contribution in [2.75, 3.05) is 7.05 Å². The number of hydrogen-bond donors (Lipinski definition) is 1. The van der Waals surface area contributed by atoms with Gasteiger partial charge in [0.1, 0.15) is 0 Å². The van der Waals surface area contributed by atoms with Crippen LogP contribution >= 0.6 is 0 Å². The van der Waals surface area contributed by atoms with Crippen LogP contribution in [0.3, 0.4) is 0 Å². The van der Waals surface area contributed by atoms with E-state index < -0.39 is 0 Å². The fourth-order valence-electron chi connectivity index (χ4n) is 2.41. The lowest BCUT2D eigenvalue weighted by molar-refractivity contribution is 0.0829. The van der Waals surface area contributed by atoms with Gasteiger partial charge in [-0.15, -0.1) is 0 Å². The lowest BCUT2D eigenvalue weighted by Crippen LogP contribution is -2.47. The number of aromatic nitrogens is 1. The Morgan fingerprint density at radius 3 is 2.42 bits per heavy atom. The number of hydrogen-bond acceptors (Lipinski definition) is 3. The first kappa shape index (κ1) is 16.1. The second-order valence-corrected chi connectivity index (χ2v) is 6.51. The topological polar surface area (TPSA) is 42.1 Å². The van der Waals surface area contributed by atoms with Crippen molar-refractivity contribution in [3.63, 3.8) is 0 Å². The van der Waals surface area contributed by atoms with Crippen LogP contribution in [0.15, 0.2) is 24.5 Å². The molecule has 3 unspecified atom stereocenters. The zero-order chi connectivity index (χ0) is 14.6. The molecule has 3 heteroatoms. The fourth-order valence-corrected chi connectivity index (χ4v) is 2.41. The lowest BCUT2D eigenvalue weighted by atomic mass is 9.85. The first-order valence-electron chi connectivity index (χ1n) is 7.16. The number of likely N-dealkylation sites (N-methyl/N-ethyl adjacent to an activating group) is 1. The molecule has 108 valence electrons. The van der Waals surface area contributed by atoms with Crippen molar-refractivity contribution in [2.45, 2.75) is 59.2 Å². The van der Waals surface area contributed by atoms with Gasteiger partial charge >= 0.3 is 0 Å². The predicted octanol–water partition coefficient (Wildman–Crippen LogP) is 3.23. The van der Waals surface area contributed by atoms with Crippen LogP contribution in [0.5, 0.6) is 0 Å². The normalized spacial score (nSPS) is 17.3. The highest BCUT2D eigenvalue weighted by molar-refractivity contribution is 5.16. The Labute approximate surface area is 118 Å². The van der Waals surface area contributed by atoms with Crippen LogP contribution in [0.2, 0.25) is 0 Å². The number of nitrogens with zero attached hydrogens (tertiary/aromatic N) is 2. The zero-order valence-corrected chi connectivity index (χ0v) is 13.2. The highest BCUT2D eigenvalue weighted by Gasteiger charge is 2.32. The summed E-state index contributed by atoms with van der Waals surface area (Å²) in [6.07, 6.45) is 4.71. The second-order valence-electron chi connectivity index (χ2n) is 6.51. The molecule has 0 aliphatic heterocycles. The van der Waals surface area contributed by atoms with Gasteiger partial charge in [0.15, 0.2) is 0 Å². The van der Waals surface area contributed by atoms with Crippen LogP contribution in [-0.2, 0) is 0 Å². The molecule has 0 aromatic carbocycles. The van der Waals surface area contributed by atoms with Crippen molar-refractivity contribution in [2.24, 2.45) is 11.1 Å². The van der Waals surface area contributed by atoms with E-state index in [1.165, 1.54) is 5.56 Å². The molecule has 0 spiro atoms. The van der Waals surface area contributed by atoms with Crippen molar-refractivity contribution in [3.05, 3.63) is 30.1 Å². The quantitative estimate of drug-likeness (QED) is 0.887. The van der Waals surface area contributed by atoms with Crippen LogP contribution < -0.4 is 5.73 Å². The molecular formula is C16H29N3. The summed E-state index contributed by atoms with van der Waals surface area (Å²) in [5.74, 6) is 0. The van der Waals surface area contributed by atoms with Gasteiger partial charge < -0.3 is 5.73 Å². The molecule has 0 radical (unpaired) electrons. The van der Waals surface area contributed by atoms with Gasteiger partial charge in [0, 0.05) is 24.5 Å². The molecular weight excluding hydrogens is 234 g/mol. The van der Waals surface area contributed by atoms with Gasteiger partial charge in [-0.2, -0.15) is 0 Å².